The van der Waals surface area contributed by atoms with E-state index in [9.17, 15) is 0 Å². The first-order valence-electron chi connectivity index (χ1n) is 9.18. The lowest BCUT2D eigenvalue weighted by atomic mass is 9.86. The third kappa shape index (κ3) is 4.01. The van der Waals surface area contributed by atoms with Crippen LogP contribution in [0, 0.1) is 0 Å². The van der Waals surface area contributed by atoms with Crippen molar-refractivity contribution in [2.24, 2.45) is 0 Å². The first-order valence-corrected chi connectivity index (χ1v) is 9.18. The van der Waals surface area contributed by atoms with Crippen LogP contribution in [0.1, 0.15) is 52.7 Å². The molecule has 0 fully saturated rings. The zero-order valence-electron chi connectivity index (χ0n) is 16.7. The minimum Gasteiger partial charge on any atom is -0.256 e. The summed E-state index contributed by atoms with van der Waals surface area (Å²) in [6, 6.07) is 17.1. The van der Waals surface area contributed by atoms with Crippen LogP contribution in [0.25, 0.3) is 22.5 Å². The van der Waals surface area contributed by atoms with Gasteiger partial charge in [-0.05, 0) is 46.2 Å². The summed E-state index contributed by atoms with van der Waals surface area (Å²) in [6.45, 7) is 13.4. The third-order valence-electron chi connectivity index (χ3n) is 4.73. The monoisotopic (exact) mass is 344 g/mol. The molecule has 2 heteroatoms. The maximum atomic E-state index is 4.56. The van der Waals surface area contributed by atoms with E-state index < -0.39 is 0 Å². The molecule has 0 spiro atoms. The van der Waals surface area contributed by atoms with Crippen LogP contribution in [0.3, 0.4) is 0 Å². The molecule has 134 valence electrons. The average Bonchev–Trinajstić information content (AvgIpc) is 2.61. The Balaban J connectivity index is 1.93. The van der Waals surface area contributed by atoms with E-state index in [0.29, 0.717) is 0 Å². The summed E-state index contributed by atoms with van der Waals surface area (Å²) in [5, 5.41) is 0. The van der Waals surface area contributed by atoms with Crippen LogP contribution in [-0.4, -0.2) is 9.97 Å². The highest BCUT2D eigenvalue weighted by Gasteiger charge is 2.16. The summed E-state index contributed by atoms with van der Waals surface area (Å²) in [6.07, 6.45) is 3.80. The third-order valence-corrected chi connectivity index (χ3v) is 4.73. The van der Waals surface area contributed by atoms with Gasteiger partial charge in [0.1, 0.15) is 0 Å². The van der Waals surface area contributed by atoms with E-state index in [4.69, 9.17) is 0 Å². The Labute approximate surface area is 157 Å². The summed E-state index contributed by atoms with van der Waals surface area (Å²) < 4.78 is 0. The maximum absolute atomic E-state index is 4.56. The molecule has 0 saturated heterocycles. The lowest BCUT2D eigenvalue weighted by molar-refractivity contribution is 0.589. The Morgan fingerprint density at radius 1 is 0.538 bits per heavy atom. The van der Waals surface area contributed by atoms with Crippen molar-refractivity contribution in [3.05, 3.63) is 72.1 Å². The molecule has 0 atom stereocenters. The van der Waals surface area contributed by atoms with Gasteiger partial charge in [-0.2, -0.15) is 0 Å². The van der Waals surface area contributed by atoms with Gasteiger partial charge in [0.2, 0.25) is 0 Å². The molecule has 0 saturated carbocycles. The predicted molar refractivity (Wildman–Crippen MR) is 110 cm³/mol. The summed E-state index contributed by atoms with van der Waals surface area (Å²) in [5.74, 6) is 0. The second kappa shape index (κ2) is 6.68. The zero-order valence-corrected chi connectivity index (χ0v) is 16.7. The summed E-state index contributed by atoms with van der Waals surface area (Å²) in [5.41, 5.74) is 7.13. The highest BCUT2D eigenvalue weighted by molar-refractivity contribution is 5.67. The van der Waals surface area contributed by atoms with Crippen molar-refractivity contribution in [2.75, 3.05) is 0 Å². The minimum absolute atomic E-state index is 0.120. The molecule has 2 aromatic heterocycles. The molecule has 0 aliphatic carbocycles. The molecule has 0 bridgehead atoms. The SMILES string of the molecule is CC(C)(C)c1ccnc(-c2ccc(-c3cc(C(C)(C)C)ccn3)cc2)c1. The predicted octanol–water partition coefficient (Wildman–Crippen LogP) is 6.41. The van der Waals surface area contributed by atoms with Gasteiger partial charge in [-0.15, -0.1) is 0 Å². The molecule has 0 N–H and O–H groups in total. The second-order valence-corrected chi connectivity index (χ2v) is 8.94. The van der Waals surface area contributed by atoms with Crippen molar-refractivity contribution in [3.8, 4) is 22.5 Å². The molecule has 2 nitrogen and oxygen atoms in total. The van der Waals surface area contributed by atoms with Crippen LogP contribution < -0.4 is 0 Å². The minimum atomic E-state index is 0.120. The number of pyridine rings is 2. The van der Waals surface area contributed by atoms with E-state index in [1.54, 1.807) is 0 Å². The van der Waals surface area contributed by atoms with Crippen LogP contribution in [0.5, 0.6) is 0 Å². The molecule has 26 heavy (non-hydrogen) atoms. The fraction of sp³-hybridized carbons (Fsp3) is 0.333. The fourth-order valence-electron chi connectivity index (χ4n) is 2.92. The zero-order chi connectivity index (χ0) is 18.9. The second-order valence-electron chi connectivity index (χ2n) is 8.94. The number of nitrogens with zero attached hydrogens (tertiary/aromatic N) is 2. The first kappa shape index (κ1) is 18.3. The van der Waals surface area contributed by atoms with Crippen molar-refractivity contribution in [1.82, 2.24) is 9.97 Å². The summed E-state index contributed by atoms with van der Waals surface area (Å²) in [7, 11) is 0. The Morgan fingerprint density at radius 3 is 1.19 bits per heavy atom. The van der Waals surface area contributed by atoms with Gasteiger partial charge in [0.05, 0.1) is 11.4 Å². The van der Waals surface area contributed by atoms with Crippen LogP contribution in [0.4, 0.5) is 0 Å². The van der Waals surface area contributed by atoms with Crippen LogP contribution in [0.2, 0.25) is 0 Å². The van der Waals surface area contributed by atoms with Crippen LogP contribution in [-0.2, 0) is 10.8 Å². The molecule has 0 radical (unpaired) electrons. The molecule has 1 aromatic carbocycles. The van der Waals surface area contributed by atoms with Crippen molar-refractivity contribution in [3.63, 3.8) is 0 Å². The van der Waals surface area contributed by atoms with Gasteiger partial charge >= 0.3 is 0 Å². The normalized spacial score (nSPS) is 12.2. The van der Waals surface area contributed by atoms with Gasteiger partial charge in [0.25, 0.3) is 0 Å². The van der Waals surface area contributed by atoms with Gasteiger partial charge in [0.15, 0.2) is 0 Å². The number of aromatic nitrogens is 2. The maximum Gasteiger partial charge on any atom is 0.0704 e. The average molecular weight is 345 g/mol. The molecule has 0 aliphatic rings. The number of hydrogen-bond acceptors (Lipinski definition) is 2. The van der Waals surface area contributed by atoms with Crippen LogP contribution in [0.15, 0.2) is 60.9 Å². The smallest absolute Gasteiger partial charge is 0.0704 e. The highest BCUT2D eigenvalue weighted by atomic mass is 14.7. The molecule has 0 aliphatic heterocycles. The van der Waals surface area contributed by atoms with Crippen molar-refractivity contribution >= 4 is 0 Å². The van der Waals surface area contributed by atoms with E-state index in [0.717, 1.165) is 22.5 Å². The van der Waals surface area contributed by atoms with Gasteiger partial charge in [-0.25, -0.2) is 0 Å². The Hall–Kier alpha value is -2.48. The molecular formula is C24H28N2. The Morgan fingerprint density at radius 2 is 0.885 bits per heavy atom. The first-order chi connectivity index (χ1) is 12.1. The van der Waals surface area contributed by atoms with Crippen molar-refractivity contribution in [1.29, 1.82) is 0 Å². The lowest BCUT2D eigenvalue weighted by Crippen LogP contribution is -2.11. The number of hydrogen-bond donors (Lipinski definition) is 0. The Kier molecular flexibility index (Phi) is 4.70. The standard InChI is InChI=1S/C24H28N2/c1-23(2,3)19-11-13-25-21(15-19)17-7-9-18(10-8-17)22-16-20(12-14-26-22)24(4,5)6/h7-16H,1-6H3. The van der Waals surface area contributed by atoms with Gasteiger partial charge in [-0.1, -0.05) is 65.8 Å². The largest absolute Gasteiger partial charge is 0.256 e. The van der Waals surface area contributed by atoms with Gasteiger partial charge in [0, 0.05) is 23.5 Å². The highest BCUT2D eigenvalue weighted by Crippen LogP contribution is 2.29. The van der Waals surface area contributed by atoms with Gasteiger partial charge < -0.3 is 0 Å². The van der Waals surface area contributed by atoms with E-state index in [2.05, 4.69) is 100 Å². The summed E-state index contributed by atoms with van der Waals surface area (Å²) in [4.78, 5) is 9.11. The van der Waals surface area contributed by atoms with E-state index in [-0.39, 0.29) is 10.8 Å². The van der Waals surface area contributed by atoms with E-state index in [1.165, 1.54) is 11.1 Å². The topological polar surface area (TPSA) is 25.8 Å². The number of benzene rings is 1. The number of rotatable bonds is 2. The quantitative estimate of drug-likeness (QED) is 0.537. The summed E-state index contributed by atoms with van der Waals surface area (Å²) >= 11 is 0. The van der Waals surface area contributed by atoms with Crippen molar-refractivity contribution < 1.29 is 0 Å². The Bertz CT molecular complexity index is 818. The van der Waals surface area contributed by atoms with Crippen LogP contribution >= 0.6 is 0 Å². The molecule has 3 rings (SSSR count). The van der Waals surface area contributed by atoms with E-state index >= 15 is 0 Å². The van der Waals surface area contributed by atoms with Crippen molar-refractivity contribution in [2.45, 2.75) is 52.4 Å². The fourth-order valence-corrected chi connectivity index (χ4v) is 2.92. The van der Waals surface area contributed by atoms with Gasteiger partial charge in [-0.3, -0.25) is 9.97 Å². The molecule has 0 amide bonds. The molecule has 2 heterocycles. The molecule has 0 unspecified atom stereocenters. The molecular weight excluding hydrogens is 316 g/mol. The molecule has 3 aromatic rings. The lowest BCUT2D eigenvalue weighted by Gasteiger charge is -2.20. The van der Waals surface area contributed by atoms with E-state index in [1.807, 2.05) is 12.4 Å².